The Balaban J connectivity index is 2.74. The summed E-state index contributed by atoms with van der Waals surface area (Å²) >= 11 is 0. The van der Waals surface area contributed by atoms with Crippen molar-refractivity contribution in [2.24, 2.45) is 16.5 Å². The lowest BCUT2D eigenvalue weighted by atomic mass is 9.81. The van der Waals surface area contributed by atoms with E-state index in [1.165, 1.54) is 6.08 Å². The van der Waals surface area contributed by atoms with E-state index < -0.39 is 10.0 Å². The maximum Gasteiger partial charge on any atom is 0.234 e. The SMILES string of the molecule is CC(C(=O)NC1=CC=C(S(N)(=O)=O)CC1)C(C)(C)C. The number of nitrogens with two attached hydrogens (primary N) is 1. The number of carbonyl (C=O) groups is 1. The first-order valence-corrected chi connectivity index (χ1v) is 7.80. The Kier molecular flexibility index (Phi) is 4.58. The number of allylic oxidation sites excluding steroid dienone is 4. The van der Waals surface area contributed by atoms with Crippen LogP contribution in [0.15, 0.2) is 22.8 Å². The maximum absolute atomic E-state index is 12.0. The Morgan fingerprint density at radius 3 is 2.26 bits per heavy atom. The van der Waals surface area contributed by atoms with Crippen LogP contribution in [0.1, 0.15) is 40.5 Å². The first-order chi connectivity index (χ1) is 8.51. The standard InChI is InChI=1S/C13H22N2O3S/c1-9(13(2,3)4)12(16)15-10-5-7-11(8-6-10)19(14,17)18/h5,7,9H,6,8H2,1-4H3,(H,15,16)(H2,14,17,18). The predicted octanol–water partition coefficient (Wildman–Crippen LogP) is 1.63. The van der Waals surface area contributed by atoms with E-state index in [1.807, 2.05) is 27.7 Å². The van der Waals surface area contributed by atoms with E-state index in [0.29, 0.717) is 12.8 Å². The lowest BCUT2D eigenvalue weighted by molar-refractivity contribution is -0.126. The predicted molar refractivity (Wildman–Crippen MR) is 75.3 cm³/mol. The quantitative estimate of drug-likeness (QED) is 0.826. The Labute approximate surface area is 115 Å². The van der Waals surface area contributed by atoms with Crippen LogP contribution in [0.4, 0.5) is 0 Å². The van der Waals surface area contributed by atoms with Crippen LogP contribution < -0.4 is 10.5 Å². The minimum Gasteiger partial charge on any atom is -0.330 e. The van der Waals surface area contributed by atoms with E-state index in [4.69, 9.17) is 5.14 Å². The lowest BCUT2D eigenvalue weighted by Gasteiger charge is -2.27. The minimum absolute atomic E-state index is 0.0498. The van der Waals surface area contributed by atoms with Crippen molar-refractivity contribution in [1.29, 1.82) is 0 Å². The first-order valence-electron chi connectivity index (χ1n) is 6.25. The molecule has 0 saturated carbocycles. The summed E-state index contributed by atoms with van der Waals surface area (Å²) in [7, 11) is -3.61. The van der Waals surface area contributed by atoms with Crippen molar-refractivity contribution < 1.29 is 13.2 Å². The largest absolute Gasteiger partial charge is 0.330 e. The molecule has 0 heterocycles. The molecule has 1 amide bonds. The molecule has 0 aromatic heterocycles. The minimum atomic E-state index is -3.61. The third-order valence-corrected chi connectivity index (χ3v) is 4.52. The van der Waals surface area contributed by atoms with Gasteiger partial charge in [0.25, 0.3) is 0 Å². The van der Waals surface area contributed by atoms with Gasteiger partial charge in [-0.1, -0.05) is 27.7 Å². The highest BCUT2D eigenvalue weighted by atomic mass is 32.2. The average molecular weight is 286 g/mol. The molecular formula is C13H22N2O3S. The zero-order valence-electron chi connectivity index (χ0n) is 11.9. The molecule has 0 spiro atoms. The summed E-state index contributed by atoms with van der Waals surface area (Å²) in [6.07, 6.45) is 3.87. The third kappa shape index (κ3) is 4.47. The zero-order valence-corrected chi connectivity index (χ0v) is 12.7. The van der Waals surface area contributed by atoms with Crippen molar-refractivity contribution in [1.82, 2.24) is 5.32 Å². The topological polar surface area (TPSA) is 89.3 Å². The van der Waals surface area contributed by atoms with Gasteiger partial charge in [-0.3, -0.25) is 4.79 Å². The van der Waals surface area contributed by atoms with Gasteiger partial charge in [0, 0.05) is 11.6 Å². The molecule has 0 aromatic rings. The Bertz CT molecular complexity index is 525. The molecule has 0 saturated heterocycles. The van der Waals surface area contributed by atoms with Gasteiger partial charge in [0.1, 0.15) is 0 Å². The number of carbonyl (C=O) groups excluding carboxylic acids is 1. The molecule has 1 atom stereocenters. The number of sulfonamides is 1. The molecule has 6 heteroatoms. The highest BCUT2D eigenvalue weighted by Gasteiger charge is 2.27. The molecule has 0 radical (unpaired) electrons. The molecule has 0 aliphatic heterocycles. The summed E-state index contributed by atoms with van der Waals surface area (Å²) in [5.74, 6) is -0.178. The van der Waals surface area contributed by atoms with Crippen LogP contribution >= 0.6 is 0 Å². The van der Waals surface area contributed by atoms with Crippen molar-refractivity contribution in [2.45, 2.75) is 40.5 Å². The van der Waals surface area contributed by atoms with E-state index in [9.17, 15) is 13.2 Å². The first kappa shape index (κ1) is 15.9. The van der Waals surface area contributed by atoms with Crippen LogP contribution in [-0.4, -0.2) is 14.3 Å². The summed E-state index contributed by atoms with van der Waals surface area (Å²) in [6, 6.07) is 0. The fraction of sp³-hybridized carbons (Fsp3) is 0.615. The number of primary sulfonamides is 1. The van der Waals surface area contributed by atoms with Crippen LogP contribution in [0.25, 0.3) is 0 Å². The van der Waals surface area contributed by atoms with Gasteiger partial charge in [0.05, 0.1) is 4.91 Å². The van der Waals surface area contributed by atoms with Gasteiger partial charge in [-0.05, 0) is 30.4 Å². The van der Waals surface area contributed by atoms with Crippen LogP contribution in [0.3, 0.4) is 0 Å². The van der Waals surface area contributed by atoms with Crippen LogP contribution in [0.5, 0.6) is 0 Å². The summed E-state index contributed by atoms with van der Waals surface area (Å²) in [4.78, 5) is 12.2. The second-order valence-corrected chi connectivity index (χ2v) is 7.56. The van der Waals surface area contributed by atoms with Crippen LogP contribution in [0, 0.1) is 11.3 Å². The van der Waals surface area contributed by atoms with E-state index >= 15 is 0 Å². The smallest absolute Gasteiger partial charge is 0.234 e. The second kappa shape index (κ2) is 5.46. The fourth-order valence-corrected chi connectivity index (χ4v) is 2.26. The third-order valence-electron chi connectivity index (χ3n) is 3.45. The van der Waals surface area contributed by atoms with E-state index in [-0.39, 0.29) is 22.1 Å². The van der Waals surface area contributed by atoms with Crippen molar-refractivity contribution in [2.75, 3.05) is 0 Å². The normalized spacial score (nSPS) is 18.4. The summed E-state index contributed by atoms with van der Waals surface area (Å²) < 4.78 is 22.3. The Morgan fingerprint density at radius 2 is 1.89 bits per heavy atom. The molecule has 1 aliphatic rings. The molecule has 1 rings (SSSR count). The van der Waals surface area contributed by atoms with Gasteiger partial charge in [-0.15, -0.1) is 0 Å². The van der Waals surface area contributed by atoms with Gasteiger partial charge in [-0.2, -0.15) is 0 Å². The average Bonchev–Trinajstić information content (AvgIpc) is 2.26. The van der Waals surface area contributed by atoms with E-state index in [0.717, 1.165) is 5.70 Å². The Hall–Kier alpha value is -1.14. The molecule has 5 nitrogen and oxygen atoms in total. The highest BCUT2D eigenvalue weighted by molar-refractivity contribution is 7.93. The van der Waals surface area contributed by atoms with Crippen LogP contribution in [-0.2, 0) is 14.8 Å². The molecule has 3 N–H and O–H groups in total. The van der Waals surface area contributed by atoms with Gasteiger partial charge in [0.15, 0.2) is 0 Å². The van der Waals surface area contributed by atoms with Gasteiger partial charge in [-0.25, -0.2) is 13.6 Å². The molecule has 0 bridgehead atoms. The second-order valence-electron chi connectivity index (χ2n) is 5.95. The monoisotopic (exact) mass is 286 g/mol. The van der Waals surface area contributed by atoms with Crippen LogP contribution in [0.2, 0.25) is 0 Å². The summed E-state index contributed by atoms with van der Waals surface area (Å²) in [6.45, 7) is 7.90. The summed E-state index contributed by atoms with van der Waals surface area (Å²) in [5.41, 5.74) is 0.620. The molecule has 0 fully saturated rings. The van der Waals surface area contributed by atoms with E-state index in [1.54, 1.807) is 6.08 Å². The molecule has 108 valence electrons. The number of rotatable bonds is 3. The molecule has 1 aliphatic carbocycles. The van der Waals surface area contributed by atoms with Crippen molar-refractivity contribution in [3.05, 3.63) is 22.8 Å². The molecule has 19 heavy (non-hydrogen) atoms. The maximum atomic E-state index is 12.0. The molecular weight excluding hydrogens is 264 g/mol. The van der Waals surface area contributed by atoms with E-state index in [2.05, 4.69) is 5.32 Å². The van der Waals surface area contributed by atoms with Gasteiger partial charge in [0.2, 0.25) is 15.9 Å². The lowest BCUT2D eigenvalue weighted by Crippen LogP contribution is -2.36. The number of hydrogen-bond donors (Lipinski definition) is 2. The fourth-order valence-electron chi connectivity index (χ4n) is 1.62. The number of hydrogen-bond acceptors (Lipinski definition) is 3. The van der Waals surface area contributed by atoms with Crippen molar-refractivity contribution in [3.8, 4) is 0 Å². The van der Waals surface area contributed by atoms with Crippen molar-refractivity contribution >= 4 is 15.9 Å². The Morgan fingerprint density at radius 1 is 1.32 bits per heavy atom. The molecule has 1 unspecified atom stereocenters. The van der Waals surface area contributed by atoms with Crippen molar-refractivity contribution in [3.63, 3.8) is 0 Å². The number of nitrogens with one attached hydrogen (secondary N) is 1. The summed E-state index contributed by atoms with van der Waals surface area (Å²) in [5, 5.41) is 7.89. The zero-order chi connectivity index (χ0) is 14.8. The number of amides is 1. The highest BCUT2D eigenvalue weighted by Crippen LogP contribution is 2.26. The van der Waals surface area contributed by atoms with Gasteiger partial charge < -0.3 is 5.32 Å². The molecule has 0 aromatic carbocycles. The van der Waals surface area contributed by atoms with Gasteiger partial charge >= 0.3 is 0 Å².